The van der Waals surface area contributed by atoms with Crippen molar-refractivity contribution in [1.82, 2.24) is 14.5 Å². The highest BCUT2D eigenvalue weighted by molar-refractivity contribution is 5.87. The van der Waals surface area contributed by atoms with E-state index in [1.54, 1.807) is 6.33 Å². The zero-order valence-corrected chi connectivity index (χ0v) is 15.0. The number of rotatable bonds is 3. The summed E-state index contributed by atoms with van der Waals surface area (Å²) in [6.45, 7) is 3.95. The molecule has 3 aromatic rings. The van der Waals surface area contributed by atoms with Gasteiger partial charge in [-0.05, 0) is 49.3 Å². The van der Waals surface area contributed by atoms with Crippen molar-refractivity contribution < 1.29 is 10.2 Å². The van der Waals surface area contributed by atoms with Crippen LogP contribution in [0.15, 0.2) is 42.9 Å². The van der Waals surface area contributed by atoms with E-state index in [-0.39, 0.29) is 18.0 Å². The molecule has 1 aromatic carbocycles. The van der Waals surface area contributed by atoms with Gasteiger partial charge in [-0.3, -0.25) is 0 Å². The van der Waals surface area contributed by atoms with Gasteiger partial charge in [-0.25, -0.2) is 9.97 Å². The number of hydrogen-bond donors (Lipinski definition) is 3. The molecule has 1 fully saturated rings. The molecule has 0 spiro atoms. The lowest BCUT2D eigenvalue weighted by atomic mass is 10.1. The molecule has 139 valence electrons. The molecule has 1 radical (unpaired) electrons. The van der Waals surface area contributed by atoms with E-state index >= 15 is 0 Å². The Balaban J connectivity index is 1.48. The number of aryl methyl sites for hydroxylation is 1. The molecule has 3 N–H and O–H groups in total. The third kappa shape index (κ3) is 2.63. The van der Waals surface area contributed by atoms with E-state index in [9.17, 15) is 10.2 Å². The van der Waals surface area contributed by atoms with Crippen molar-refractivity contribution in [3.63, 3.8) is 0 Å². The SMILES string of the molecule is [CH2][C@H]1C[C@@H](n2ccc3c(N[C@H]4CCc5ccccc54)ncnc32)[C@H](O)[C@@H]1O. The zero-order chi connectivity index (χ0) is 18.5. The molecular formula is C21H23N4O2. The van der Waals surface area contributed by atoms with E-state index in [0.29, 0.717) is 6.42 Å². The van der Waals surface area contributed by atoms with Gasteiger partial charge in [-0.1, -0.05) is 24.3 Å². The van der Waals surface area contributed by atoms with E-state index in [2.05, 4.69) is 46.5 Å². The minimum Gasteiger partial charge on any atom is -0.390 e. The van der Waals surface area contributed by atoms with Crippen LogP contribution in [-0.4, -0.2) is 37.0 Å². The Hall–Kier alpha value is -2.44. The number of anilines is 1. The second-order valence-corrected chi connectivity index (χ2v) is 7.66. The third-order valence-corrected chi connectivity index (χ3v) is 6.08. The first-order valence-electron chi connectivity index (χ1n) is 9.48. The van der Waals surface area contributed by atoms with Gasteiger partial charge in [0.25, 0.3) is 0 Å². The minimum atomic E-state index is -0.837. The number of hydrogen-bond acceptors (Lipinski definition) is 5. The Morgan fingerprint density at radius 2 is 1.96 bits per heavy atom. The standard InChI is InChI=1S/C21H23N4O2/c1-12-10-17(19(27)18(12)26)25-9-8-15-20(22-11-23-21(15)25)24-16-7-6-13-4-2-3-5-14(13)16/h2-5,8-9,11-12,16-19,26-27H,1,6-7,10H2,(H,22,23,24)/t12-,16-,17+,18+,19-/m0/s1. The number of aliphatic hydroxyl groups excluding tert-OH is 2. The fourth-order valence-corrected chi connectivity index (χ4v) is 4.60. The molecule has 0 aliphatic heterocycles. The van der Waals surface area contributed by atoms with Crippen LogP contribution in [0, 0.1) is 12.8 Å². The minimum absolute atomic E-state index is 0.183. The molecule has 5 rings (SSSR count). The summed E-state index contributed by atoms with van der Waals surface area (Å²) >= 11 is 0. The fraction of sp³-hybridized carbons (Fsp3) is 0.381. The van der Waals surface area contributed by atoms with Crippen LogP contribution in [0.4, 0.5) is 5.82 Å². The average Bonchev–Trinajstić information content (AvgIpc) is 3.36. The summed E-state index contributed by atoms with van der Waals surface area (Å²) in [5.41, 5.74) is 3.49. The van der Waals surface area contributed by atoms with Gasteiger partial charge in [0.2, 0.25) is 0 Å². The van der Waals surface area contributed by atoms with Crippen molar-refractivity contribution in [3.8, 4) is 0 Å². The van der Waals surface area contributed by atoms with Crippen molar-refractivity contribution in [2.75, 3.05) is 5.32 Å². The Morgan fingerprint density at radius 3 is 2.78 bits per heavy atom. The summed E-state index contributed by atoms with van der Waals surface area (Å²) in [6.07, 6.45) is 4.57. The molecular weight excluding hydrogens is 340 g/mol. The van der Waals surface area contributed by atoms with Gasteiger partial charge in [0.15, 0.2) is 0 Å². The largest absolute Gasteiger partial charge is 0.390 e. The van der Waals surface area contributed by atoms with E-state index in [1.165, 1.54) is 11.1 Å². The molecule has 6 heteroatoms. The van der Waals surface area contributed by atoms with Crippen LogP contribution in [0.1, 0.15) is 36.1 Å². The maximum absolute atomic E-state index is 10.4. The van der Waals surface area contributed by atoms with Gasteiger partial charge in [-0.15, -0.1) is 0 Å². The highest BCUT2D eigenvalue weighted by Gasteiger charge is 2.40. The lowest BCUT2D eigenvalue weighted by Crippen LogP contribution is -2.28. The number of nitrogens with one attached hydrogen (secondary N) is 1. The molecule has 1 saturated carbocycles. The van der Waals surface area contributed by atoms with Gasteiger partial charge in [0, 0.05) is 6.20 Å². The Kier molecular flexibility index (Phi) is 3.91. The summed E-state index contributed by atoms with van der Waals surface area (Å²) in [7, 11) is 0. The first kappa shape index (κ1) is 16.7. The number of aromatic nitrogens is 3. The highest BCUT2D eigenvalue weighted by atomic mass is 16.3. The molecule has 5 atom stereocenters. The molecule has 0 bridgehead atoms. The molecule has 2 heterocycles. The summed E-state index contributed by atoms with van der Waals surface area (Å²) in [6, 6.07) is 10.5. The molecule has 0 unspecified atom stereocenters. The molecule has 27 heavy (non-hydrogen) atoms. The topological polar surface area (TPSA) is 83.2 Å². The van der Waals surface area contributed by atoms with Crippen molar-refractivity contribution in [3.05, 3.63) is 60.9 Å². The van der Waals surface area contributed by atoms with Crippen molar-refractivity contribution in [2.45, 2.75) is 43.6 Å². The quantitative estimate of drug-likeness (QED) is 0.666. The Labute approximate surface area is 157 Å². The summed E-state index contributed by atoms with van der Waals surface area (Å²) < 4.78 is 1.95. The number of benzene rings is 1. The van der Waals surface area contributed by atoms with Crippen molar-refractivity contribution in [1.29, 1.82) is 0 Å². The first-order chi connectivity index (χ1) is 13.1. The van der Waals surface area contributed by atoms with E-state index in [4.69, 9.17) is 0 Å². The summed E-state index contributed by atoms with van der Waals surface area (Å²) in [5, 5.41) is 25.0. The number of fused-ring (bicyclic) bond motifs is 2. The lowest BCUT2D eigenvalue weighted by molar-refractivity contribution is 0.0134. The van der Waals surface area contributed by atoms with Crippen LogP contribution in [0.5, 0.6) is 0 Å². The lowest BCUT2D eigenvalue weighted by Gasteiger charge is -2.19. The normalized spacial score (nSPS) is 30.0. The average molecular weight is 363 g/mol. The van der Waals surface area contributed by atoms with Crippen LogP contribution >= 0.6 is 0 Å². The van der Waals surface area contributed by atoms with Crippen molar-refractivity contribution in [2.24, 2.45) is 5.92 Å². The van der Waals surface area contributed by atoms with Gasteiger partial charge in [0.1, 0.15) is 23.9 Å². The second-order valence-electron chi connectivity index (χ2n) is 7.66. The van der Waals surface area contributed by atoms with Gasteiger partial charge < -0.3 is 20.1 Å². The molecule has 0 saturated heterocycles. The van der Waals surface area contributed by atoms with Crippen LogP contribution in [0.2, 0.25) is 0 Å². The van der Waals surface area contributed by atoms with Gasteiger partial charge in [-0.2, -0.15) is 0 Å². The summed E-state index contributed by atoms with van der Waals surface area (Å²) in [4.78, 5) is 8.92. The number of aliphatic hydroxyl groups is 2. The Bertz CT molecular complexity index is 985. The smallest absolute Gasteiger partial charge is 0.145 e. The van der Waals surface area contributed by atoms with Crippen LogP contribution in [0.25, 0.3) is 11.0 Å². The maximum atomic E-state index is 10.4. The zero-order valence-electron chi connectivity index (χ0n) is 15.0. The van der Waals surface area contributed by atoms with E-state index < -0.39 is 12.2 Å². The van der Waals surface area contributed by atoms with Crippen molar-refractivity contribution >= 4 is 16.9 Å². The van der Waals surface area contributed by atoms with Crippen LogP contribution in [0.3, 0.4) is 0 Å². The molecule has 6 nitrogen and oxygen atoms in total. The molecule has 0 amide bonds. The van der Waals surface area contributed by atoms with E-state index in [1.807, 2.05) is 16.8 Å². The Morgan fingerprint density at radius 1 is 1.11 bits per heavy atom. The fourth-order valence-electron chi connectivity index (χ4n) is 4.60. The molecule has 2 aliphatic carbocycles. The van der Waals surface area contributed by atoms with Crippen LogP contribution in [-0.2, 0) is 6.42 Å². The predicted molar refractivity (Wildman–Crippen MR) is 103 cm³/mol. The summed E-state index contributed by atoms with van der Waals surface area (Å²) in [5.74, 6) is 0.622. The number of nitrogens with zero attached hydrogens (tertiary/aromatic N) is 3. The van der Waals surface area contributed by atoms with Gasteiger partial charge >= 0.3 is 0 Å². The third-order valence-electron chi connectivity index (χ3n) is 6.08. The maximum Gasteiger partial charge on any atom is 0.145 e. The second kappa shape index (κ2) is 6.32. The monoisotopic (exact) mass is 363 g/mol. The molecule has 2 aromatic heterocycles. The highest BCUT2D eigenvalue weighted by Crippen LogP contribution is 2.38. The van der Waals surface area contributed by atoms with Crippen LogP contribution < -0.4 is 5.32 Å². The predicted octanol–water partition coefficient (Wildman–Crippen LogP) is 2.65. The first-order valence-corrected chi connectivity index (χ1v) is 9.48. The van der Waals surface area contributed by atoms with Gasteiger partial charge in [0.05, 0.1) is 23.6 Å². The molecule has 2 aliphatic rings. The van der Waals surface area contributed by atoms with E-state index in [0.717, 1.165) is 29.7 Å².